The zero-order valence-corrected chi connectivity index (χ0v) is 12.6. The molecule has 0 aliphatic rings. The van der Waals surface area contributed by atoms with Gasteiger partial charge < -0.3 is 10.1 Å². The van der Waals surface area contributed by atoms with Crippen molar-refractivity contribution >= 4 is 34.8 Å². The Labute approximate surface area is 130 Å². The molecule has 1 N–H and O–H groups in total. The van der Waals surface area contributed by atoms with Gasteiger partial charge in [-0.15, -0.1) is 21.5 Å². The number of amides is 1. The SMILES string of the molecule is COC(=O)CC(NC(=O)c1ccc(Cl)nn1)c1cccs1. The van der Waals surface area contributed by atoms with Crippen LogP contribution in [0.3, 0.4) is 0 Å². The molecule has 1 amide bonds. The number of hydrogen-bond acceptors (Lipinski definition) is 6. The largest absolute Gasteiger partial charge is 0.469 e. The first-order valence-electron chi connectivity index (χ1n) is 6.00. The van der Waals surface area contributed by atoms with Crippen molar-refractivity contribution in [2.45, 2.75) is 12.5 Å². The average Bonchev–Trinajstić information content (AvgIpc) is 3.01. The third-order valence-electron chi connectivity index (χ3n) is 2.66. The number of thiophene rings is 1. The Kier molecular flexibility index (Phi) is 5.24. The molecule has 1 unspecified atom stereocenters. The minimum Gasteiger partial charge on any atom is -0.469 e. The van der Waals surface area contributed by atoms with Gasteiger partial charge in [-0.1, -0.05) is 17.7 Å². The summed E-state index contributed by atoms with van der Waals surface area (Å²) in [5.41, 5.74) is 0.130. The average molecular weight is 326 g/mol. The molecule has 0 aromatic carbocycles. The Morgan fingerprint density at radius 3 is 2.76 bits per heavy atom. The number of carbonyl (C=O) groups excluding carboxylic acids is 2. The molecule has 110 valence electrons. The number of halogens is 1. The van der Waals surface area contributed by atoms with Crippen LogP contribution in [-0.4, -0.2) is 29.2 Å². The van der Waals surface area contributed by atoms with E-state index in [0.29, 0.717) is 0 Å². The van der Waals surface area contributed by atoms with Gasteiger partial charge in [-0.2, -0.15) is 0 Å². The molecule has 0 aliphatic heterocycles. The van der Waals surface area contributed by atoms with Gasteiger partial charge in [-0.3, -0.25) is 9.59 Å². The van der Waals surface area contributed by atoms with E-state index in [-0.39, 0.29) is 17.3 Å². The molecule has 6 nitrogen and oxygen atoms in total. The van der Waals surface area contributed by atoms with Crippen molar-refractivity contribution in [3.05, 3.63) is 45.4 Å². The Morgan fingerprint density at radius 2 is 2.19 bits per heavy atom. The van der Waals surface area contributed by atoms with Crippen molar-refractivity contribution in [1.29, 1.82) is 0 Å². The van der Waals surface area contributed by atoms with Crippen LogP contribution >= 0.6 is 22.9 Å². The van der Waals surface area contributed by atoms with E-state index in [1.54, 1.807) is 0 Å². The molecular formula is C13H12ClN3O3S. The summed E-state index contributed by atoms with van der Waals surface area (Å²) in [7, 11) is 1.31. The molecular weight excluding hydrogens is 314 g/mol. The topological polar surface area (TPSA) is 81.2 Å². The first-order chi connectivity index (χ1) is 10.1. The smallest absolute Gasteiger partial charge is 0.307 e. The van der Waals surface area contributed by atoms with Gasteiger partial charge in [0.15, 0.2) is 10.8 Å². The lowest BCUT2D eigenvalue weighted by molar-refractivity contribution is -0.141. The van der Waals surface area contributed by atoms with Crippen LogP contribution in [0.5, 0.6) is 0 Å². The molecule has 8 heteroatoms. The molecule has 0 saturated heterocycles. The number of hydrogen-bond donors (Lipinski definition) is 1. The van der Waals surface area contributed by atoms with Gasteiger partial charge in [-0.25, -0.2) is 0 Å². The fraction of sp³-hybridized carbons (Fsp3) is 0.231. The van der Waals surface area contributed by atoms with Crippen LogP contribution in [0.15, 0.2) is 29.6 Å². The molecule has 0 fully saturated rings. The van der Waals surface area contributed by atoms with Crippen LogP contribution in [0.4, 0.5) is 0 Å². The molecule has 2 aromatic rings. The second kappa shape index (κ2) is 7.14. The van der Waals surface area contributed by atoms with E-state index in [1.807, 2.05) is 17.5 Å². The van der Waals surface area contributed by atoms with E-state index in [2.05, 4.69) is 20.3 Å². The lowest BCUT2D eigenvalue weighted by Crippen LogP contribution is -2.30. The van der Waals surface area contributed by atoms with E-state index in [9.17, 15) is 9.59 Å². The van der Waals surface area contributed by atoms with Crippen LogP contribution in [-0.2, 0) is 9.53 Å². The van der Waals surface area contributed by atoms with Gasteiger partial charge in [0.05, 0.1) is 19.6 Å². The van der Waals surface area contributed by atoms with Crippen LogP contribution < -0.4 is 5.32 Å². The second-order valence-electron chi connectivity index (χ2n) is 4.06. The fourth-order valence-corrected chi connectivity index (χ4v) is 2.51. The third-order valence-corrected chi connectivity index (χ3v) is 3.84. The van der Waals surface area contributed by atoms with Crippen LogP contribution in [0.25, 0.3) is 0 Å². The maximum absolute atomic E-state index is 12.1. The number of nitrogens with one attached hydrogen (secondary N) is 1. The van der Waals surface area contributed by atoms with Gasteiger partial charge >= 0.3 is 5.97 Å². The highest BCUT2D eigenvalue weighted by Crippen LogP contribution is 2.22. The summed E-state index contributed by atoms with van der Waals surface area (Å²) in [5.74, 6) is -0.836. The minimum absolute atomic E-state index is 0.0454. The number of esters is 1. The van der Waals surface area contributed by atoms with Crippen molar-refractivity contribution in [2.75, 3.05) is 7.11 Å². The van der Waals surface area contributed by atoms with Crippen molar-refractivity contribution in [2.24, 2.45) is 0 Å². The second-order valence-corrected chi connectivity index (χ2v) is 5.43. The fourth-order valence-electron chi connectivity index (χ4n) is 1.63. The summed E-state index contributed by atoms with van der Waals surface area (Å²) in [4.78, 5) is 24.5. The molecule has 2 aromatic heterocycles. The lowest BCUT2D eigenvalue weighted by Gasteiger charge is -2.15. The number of carbonyl (C=O) groups is 2. The molecule has 2 heterocycles. The number of aromatic nitrogens is 2. The van der Waals surface area contributed by atoms with Crippen LogP contribution in [0, 0.1) is 0 Å². The molecule has 0 aliphatic carbocycles. The Morgan fingerprint density at radius 1 is 1.38 bits per heavy atom. The van der Waals surface area contributed by atoms with Gasteiger partial charge in [0.2, 0.25) is 0 Å². The summed E-state index contributed by atoms with van der Waals surface area (Å²) >= 11 is 7.07. The first-order valence-corrected chi connectivity index (χ1v) is 7.26. The highest BCUT2D eigenvalue weighted by Gasteiger charge is 2.21. The number of methoxy groups -OCH3 is 1. The monoisotopic (exact) mass is 325 g/mol. The molecule has 1 atom stereocenters. The van der Waals surface area contributed by atoms with E-state index in [4.69, 9.17) is 11.6 Å². The quantitative estimate of drug-likeness (QED) is 0.852. The molecule has 0 spiro atoms. The van der Waals surface area contributed by atoms with Gasteiger partial charge in [0, 0.05) is 4.88 Å². The molecule has 2 rings (SSSR count). The van der Waals surface area contributed by atoms with Gasteiger partial charge in [-0.05, 0) is 23.6 Å². The minimum atomic E-state index is -0.470. The van der Waals surface area contributed by atoms with Gasteiger partial charge in [0.1, 0.15) is 0 Å². The Hall–Kier alpha value is -1.99. The summed E-state index contributed by atoms with van der Waals surface area (Å²) in [6.45, 7) is 0. The zero-order chi connectivity index (χ0) is 15.2. The summed E-state index contributed by atoms with van der Waals surface area (Å²) < 4.78 is 4.65. The highest BCUT2D eigenvalue weighted by atomic mass is 35.5. The van der Waals surface area contributed by atoms with Crippen molar-refractivity contribution in [3.63, 3.8) is 0 Å². The Balaban J connectivity index is 2.12. The predicted octanol–water partition coefficient (Wildman–Crippen LogP) is 2.23. The predicted molar refractivity (Wildman–Crippen MR) is 78.2 cm³/mol. The highest BCUT2D eigenvalue weighted by molar-refractivity contribution is 7.10. The molecule has 21 heavy (non-hydrogen) atoms. The maximum atomic E-state index is 12.1. The summed E-state index contributed by atoms with van der Waals surface area (Å²) in [6.07, 6.45) is 0.0454. The Bertz CT molecular complexity index is 616. The van der Waals surface area contributed by atoms with Crippen molar-refractivity contribution in [3.8, 4) is 0 Å². The number of nitrogens with zero attached hydrogens (tertiary/aromatic N) is 2. The third kappa shape index (κ3) is 4.24. The maximum Gasteiger partial charge on any atom is 0.307 e. The summed E-state index contributed by atoms with van der Waals surface area (Å²) in [5, 5.41) is 12.1. The van der Waals surface area contributed by atoms with E-state index < -0.39 is 17.9 Å². The van der Waals surface area contributed by atoms with E-state index in [1.165, 1.54) is 30.6 Å². The van der Waals surface area contributed by atoms with E-state index >= 15 is 0 Å². The van der Waals surface area contributed by atoms with Crippen LogP contribution in [0.1, 0.15) is 27.8 Å². The zero-order valence-electron chi connectivity index (χ0n) is 11.1. The molecule has 0 radical (unpaired) electrons. The first kappa shape index (κ1) is 15.4. The van der Waals surface area contributed by atoms with Gasteiger partial charge in [0.25, 0.3) is 5.91 Å². The number of ether oxygens (including phenoxy) is 1. The normalized spacial score (nSPS) is 11.7. The van der Waals surface area contributed by atoms with Crippen molar-refractivity contribution < 1.29 is 14.3 Å². The number of rotatable bonds is 5. The standard InChI is InChI=1S/C13H12ClN3O3S/c1-20-12(18)7-9(10-3-2-6-21-10)15-13(19)8-4-5-11(14)17-16-8/h2-6,9H,7H2,1H3,(H,15,19). The molecule has 0 bridgehead atoms. The molecule has 0 saturated carbocycles. The van der Waals surface area contributed by atoms with Crippen molar-refractivity contribution in [1.82, 2.24) is 15.5 Å². The van der Waals surface area contributed by atoms with Crippen LogP contribution in [0.2, 0.25) is 5.15 Å². The lowest BCUT2D eigenvalue weighted by atomic mass is 10.1. The summed E-state index contributed by atoms with van der Waals surface area (Å²) in [6, 6.07) is 6.16. The van der Waals surface area contributed by atoms with E-state index in [0.717, 1.165) is 4.88 Å².